The molecule has 18 heteroatoms. The predicted molar refractivity (Wildman–Crippen MR) is 58.2 cm³/mol. The van der Waals surface area contributed by atoms with Gasteiger partial charge in [-0.3, -0.25) is 14.2 Å². The van der Waals surface area contributed by atoms with Gasteiger partial charge in [-0.25, -0.2) is 0 Å². The van der Waals surface area contributed by atoms with E-state index >= 15 is 0 Å². The average molecular weight is 464 g/mol. The standard InChI is InChI=1S/C11H8F12O6/c12-7(13,14)5(1-24)26-3-4(9(18,19)27-5)10(20,21)28-6(2-25,8(15,16)17)29-11(4,22)23/h24-25H,1-3H2. The lowest BCUT2D eigenvalue weighted by Crippen LogP contribution is -2.81. The molecule has 2 rings (SSSR count). The number of rotatable bonds is 2. The summed E-state index contributed by atoms with van der Waals surface area (Å²) >= 11 is 0. The van der Waals surface area contributed by atoms with Gasteiger partial charge in [0.05, 0.1) is 6.61 Å². The molecule has 0 amide bonds. The van der Waals surface area contributed by atoms with Crippen LogP contribution in [-0.4, -0.2) is 72.3 Å². The SMILES string of the molecule is OCC1(C(F)(F)F)OCC2(C(F)(F)O1)C(F)(F)OC(CO)(C(F)(F)F)OC2(F)F. The van der Waals surface area contributed by atoms with Gasteiger partial charge in [-0.2, -0.15) is 52.7 Å². The molecule has 2 saturated heterocycles. The minimum atomic E-state index is -6.36. The maximum absolute atomic E-state index is 14.2. The molecule has 172 valence electrons. The quantitative estimate of drug-likeness (QED) is 0.612. The van der Waals surface area contributed by atoms with E-state index < -0.39 is 67.5 Å². The molecule has 2 aliphatic heterocycles. The monoisotopic (exact) mass is 464 g/mol. The van der Waals surface area contributed by atoms with Crippen molar-refractivity contribution in [2.45, 2.75) is 42.3 Å². The highest BCUT2D eigenvalue weighted by atomic mass is 19.4. The van der Waals surface area contributed by atoms with E-state index in [9.17, 15) is 52.7 Å². The van der Waals surface area contributed by atoms with E-state index in [0.29, 0.717) is 0 Å². The lowest BCUT2D eigenvalue weighted by atomic mass is 9.81. The van der Waals surface area contributed by atoms with Crippen LogP contribution in [0.15, 0.2) is 0 Å². The summed E-state index contributed by atoms with van der Waals surface area (Å²) in [6.07, 6.45) is -31.5. The number of ether oxygens (including phenoxy) is 4. The maximum atomic E-state index is 14.2. The Labute approximate surface area is 150 Å². The second-order valence-electron chi connectivity index (χ2n) is 5.87. The molecule has 0 saturated carbocycles. The van der Waals surface area contributed by atoms with Gasteiger partial charge >= 0.3 is 30.7 Å². The third kappa shape index (κ3) is 2.98. The molecule has 1 unspecified atom stereocenters. The van der Waals surface area contributed by atoms with Crippen LogP contribution in [0.4, 0.5) is 52.7 Å². The first-order valence-corrected chi connectivity index (χ1v) is 6.93. The second kappa shape index (κ2) is 6.22. The van der Waals surface area contributed by atoms with Crippen molar-refractivity contribution in [3.63, 3.8) is 0 Å². The van der Waals surface area contributed by atoms with Crippen molar-refractivity contribution in [1.82, 2.24) is 0 Å². The molecular formula is C11H8F12O6. The summed E-state index contributed by atoms with van der Waals surface area (Å²) in [5.74, 6) is -10.00. The van der Waals surface area contributed by atoms with E-state index in [1.54, 1.807) is 0 Å². The Bertz CT molecular complexity index is 605. The molecule has 2 aliphatic rings. The Balaban J connectivity index is 2.65. The molecule has 0 aliphatic carbocycles. The first-order valence-electron chi connectivity index (χ1n) is 6.93. The van der Waals surface area contributed by atoms with Gasteiger partial charge in [0.25, 0.3) is 17.0 Å². The maximum Gasteiger partial charge on any atom is 0.446 e. The molecule has 0 aromatic heterocycles. The highest BCUT2D eigenvalue weighted by Crippen LogP contribution is 2.67. The van der Waals surface area contributed by atoms with E-state index in [0.717, 1.165) is 0 Å². The lowest BCUT2D eigenvalue weighted by Gasteiger charge is -2.57. The molecule has 0 radical (unpaired) electrons. The fourth-order valence-electron chi connectivity index (χ4n) is 2.50. The van der Waals surface area contributed by atoms with Crippen LogP contribution in [0.1, 0.15) is 0 Å². The normalized spacial score (nSPS) is 39.5. The third-order valence-corrected chi connectivity index (χ3v) is 4.17. The Kier molecular flexibility index (Phi) is 5.19. The third-order valence-electron chi connectivity index (χ3n) is 4.17. The number of aliphatic hydroxyl groups is 2. The molecule has 2 fully saturated rings. The first-order chi connectivity index (χ1) is 12.7. The Hall–Kier alpha value is -1.08. The summed E-state index contributed by atoms with van der Waals surface area (Å²) in [6, 6.07) is 0. The zero-order valence-electron chi connectivity index (χ0n) is 13.2. The number of aliphatic hydroxyl groups excluding tert-OH is 2. The van der Waals surface area contributed by atoms with Gasteiger partial charge < -0.3 is 14.9 Å². The van der Waals surface area contributed by atoms with E-state index in [4.69, 9.17) is 10.2 Å². The van der Waals surface area contributed by atoms with Crippen molar-refractivity contribution in [2.24, 2.45) is 5.41 Å². The van der Waals surface area contributed by atoms with E-state index in [-0.39, 0.29) is 0 Å². The Morgan fingerprint density at radius 2 is 0.931 bits per heavy atom. The summed E-state index contributed by atoms with van der Waals surface area (Å²) in [5.41, 5.74) is -5.72. The van der Waals surface area contributed by atoms with Gasteiger partial charge in [0.15, 0.2) is 0 Å². The number of hydrogen-bond donors (Lipinski definition) is 2. The zero-order valence-corrected chi connectivity index (χ0v) is 13.2. The molecule has 0 bridgehead atoms. The van der Waals surface area contributed by atoms with Crippen LogP contribution in [0.3, 0.4) is 0 Å². The summed E-state index contributed by atoms with van der Waals surface area (Å²) in [6.45, 7) is -8.35. The zero-order chi connectivity index (χ0) is 22.9. The molecule has 2 N–H and O–H groups in total. The van der Waals surface area contributed by atoms with Crippen LogP contribution in [0.25, 0.3) is 0 Å². The molecule has 0 aromatic carbocycles. The van der Waals surface area contributed by atoms with Gasteiger partial charge in [-0.05, 0) is 0 Å². The van der Waals surface area contributed by atoms with Crippen LogP contribution in [0, 0.1) is 5.41 Å². The van der Waals surface area contributed by atoms with Crippen LogP contribution in [0.2, 0.25) is 0 Å². The van der Waals surface area contributed by atoms with Crippen LogP contribution in [0.5, 0.6) is 0 Å². The number of alkyl halides is 12. The molecule has 2 heterocycles. The van der Waals surface area contributed by atoms with Crippen molar-refractivity contribution in [1.29, 1.82) is 0 Å². The molecule has 0 aromatic rings. The van der Waals surface area contributed by atoms with E-state index in [1.807, 2.05) is 0 Å². The van der Waals surface area contributed by atoms with Crippen molar-refractivity contribution < 1.29 is 81.8 Å². The highest BCUT2D eigenvalue weighted by molar-refractivity contribution is 5.09. The van der Waals surface area contributed by atoms with Crippen molar-refractivity contribution >= 4 is 0 Å². The fourth-order valence-corrected chi connectivity index (χ4v) is 2.50. The van der Waals surface area contributed by atoms with Crippen LogP contribution >= 0.6 is 0 Å². The second-order valence-corrected chi connectivity index (χ2v) is 5.87. The molecular weight excluding hydrogens is 456 g/mol. The Morgan fingerprint density at radius 1 is 0.621 bits per heavy atom. The van der Waals surface area contributed by atoms with E-state index in [2.05, 4.69) is 18.9 Å². The minimum Gasteiger partial charge on any atom is -0.390 e. The molecule has 29 heavy (non-hydrogen) atoms. The fraction of sp³-hybridized carbons (Fsp3) is 1.00. The average Bonchev–Trinajstić information content (AvgIpc) is 2.48. The van der Waals surface area contributed by atoms with Crippen molar-refractivity contribution in [3.8, 4) is 0 Å². The van der Waals surface area contributed by atoms with Crippen LogP contribution < -0.4 is 0 Å². The van der Waals surface area contributed by atoms with E-state index in [1.165, 1.54) is 0 Å². The topological polar surface area (TPSA) is 77.4 Å². The van der Waals surface area contributed by atoms with Crippen molar-refractivity contribution in [2.75, 3.05) is 19.8 Å². The van der Waals surface area contributed by atoms with Gasteiger partial charge in [0.1, 0.15) is 13.2 Å². The summed E-state index contributed by atoms with van der Waals surface area (Å²) in [5, 5.41) is 17.3. The van der Waals surface area contributed by atoms with Crippen molar-refractivity contribution in [3.05, 3.63) is 0 Å². The molecule has 1 atom stereocenters. The smallest absolute Gasteiger partial charge is 0.390 e. The highest BCUT2D eigenvalue weighted by Gasteiger charge is 2.93. The first kappa shape index (κ1) is 24.2. The van der Waals surface area contributed by atoms with Gasteiger partial charge in [-0.15, -0.1) is 0 Å². The molecule has 1 spiro atoms. The number of hydrogen-bond acceptors (Lipinski definition) is 6. The van der Waals surface area contributed by atoms with Gasteiger partial charge in [0.2, 0.25) is 0 Å². The summed E-state index contributed by atoms with van der Waals surface area (Å²) in [7, 11) is 0. The largest absolute Gasteiger partial charge is 0.446 e. The Morgan fingerprint density at radius 3 is 1.21 bits per heavy atom. The van der Waals surface area contributed by atoms with Crippen LogP contribution in [-0.2, 0) is 18.9 Å². The minimum absolute atomic E-state index is 2.52. The predicted octanol–water partition coefficient (Wildman–Crippen LogP) is 2.35. The lowest BCUT2D eigenvalue weighted by molar-refractivity contribution is -0.642. The number of halogens is 12. The summed E-state index contributed by atoms with van der Waals surface area (Å²) in [4.78, 5) is 0. The molecule has 6 nitrogen and oxygen atoms in total. The van der Waals surface area contributed by atoms with Gasteiger partial charge in [0, 0.05) is 0 Å². The van der Waals surface area contributed by atoms with Gasteiger partial charge in [-0.1, -0.05) is 0 Å². The summed E-state index contributed by atoms with van der Waals surface area (Å²) < 4.78 is 175.